The average molecular weight is 627 g/mol. The standard InChI is InChI=1S/C32H39ClN4O5S/c1-4-6-7-8-9-14-28-36-37-30(34)24(31(38)35-32(37)43-28)19-23-20-25(33)29(27(21-23)40-5-2)42-18-16-39-15-17-41-26-13-11-10-12-22(26)3/h10-13,19-21,34H,4-9,14-18H2,1-3H3/b24-19-,34-30?. The average Bonchev–Trinajstić information content (AvgIpc) is 3.39. The van der Waals surface area contributed by atoms with Crippen molar-refractivity contribution in [2.45, 2.75) is 59.3 Å². The fourth-order valence-corrected chi connectivity index (χ4v) is 5.69. The van der Waals surface area contributed by atoms with E-state index in [9.17, 15) is 4.79 Å². The van der Waals surface area contributed by atoms with Crippen LogP contribution in [-0.4, -0.2) is 60.0 Å². The van der Waals surface area contributed by atoms with E-state index in [0.717, 1.165) is 35.6 Å². The van der Waals surface area contributed by atoms with Gasteiger partial charge in [0.2, 0.25) is 5.17 Å². The highest BCUT2D eigenvalue weighted by Gasteiger charge is 2.35. The van der Waals surface area contributed by atoms with Gasteiger partial charge in [0.1, 0.15) is 24.0 Å². The number of ether oxygens (including phenoxy) is 4. The number of carbonyl (C=O) groups is 1. The van der Waals surface area contributed by atoms with Gasteiger partial charge in [0.25, 0.3) is 5.91 Å². The maximum atomic E-state index is 12.9. The summed E-state index contributed by atoms with van der Waals surface area (Å²) in [5.74, 6) is 1.17. The molecule has 2 aromatic carbocycles. The number of fused-ring (bicyclic) bond motifs is 1. The first-order valence-corrected chi connectivity index (χ1v) is 15.9. The van der Waals surface area contributed by atoms with Crippen LogP contribution < -0.4 is 14.2 Å². The number of hydrogen-bond donors (Lipinski definition) is 1. The summed E-state index contributed by atoms with van der Waals surface area (Å²) in [5.41, 5.74) is 1.79. The van der Waals surface area contributed by atoms with Crippen molar-refractivity contribution in [3.8, 4) is 17.2 Å². The predicted molar refractivity (Wildman–Crippen MR) is 174 cm³/mol. The van der Waals surface area contributed by atoms with Gasteiger partial charge in [-0.1, -0.05) is 62.4 Å². The summed E-state index contributed by atoms with van der Waals surface area (Å²) in [4.78, 5) is 17.1. The molecule has 2 aliphatic rings. The zero-order chi connectivity index (χ0) is 30.6. The zero-order valence-corrected chi connectivity index (χ0v) is 26.6. The van der Waals surface area contributed by atoms with Crippen LogP contribution in [0.15, 0.2) is 52.1 Å². The van der Waals surface area contributed by atoms with Crippen molar-refractivity contribution in [2.24, 2.45) is 10.1 Å². The van der Waals surface area contributed by atoms with Crippen LogP contribution in [0, 0.1) is 12.3 Å². The minimum absolute atomic E-state index is 0.0126. The third kappa shape index (κ3) is 9.08. The van der Waals surface area contributed by atoms with Gasteiger partial charge < -0.3 is 18.9 Å². The molecule has 0 spiro atoms. The maximum absolute atomic E-state index is 12.9. The highest BCUT2D eigenvalue weighted by molar-refractivity contribution is 8.26. The number of para-hydroxylation sites is 1. The number of nitrogens with one attached hydrogen (secondary N) is 1. The van der Waals surface area contributed by atoms with Gasteiger partial charge in [-0.3, -0.25) is 10.2 Å². The number of amides is 1. The van der Waals surface area contributed by atoms with Crippen LogP contribution in [0.3, 0.4) is 0 Å². The number of aliphatic imine (C=N–C) groups is 1. The Morgan fingerprint density at radius 1 is 0.977 bits per heavy atom. The molecule has 9 nitrogen and oxygen atoms in total. The van der Waals surface area contributed by atoms with E-state index in [1.165, 1.54) is 36.0 Å². The van der Waals surface area contributed by atoms with Crippen molar-refractivity contribution in [3.63, 3.8) is 0 Å². The first kappa shape index (κ1) is 32.6. The lowest BCUT2D eigenvalue weighted by atomic mass is 10.1. The molecule has 0 saturated heterocycles. The molecular formula is C32H39ClN4O5S. The highest BCUT2D eigenvalue weighted by Crippen LogP contribution is 2.38. The molecule has 0 unspecified atom stereocenters. The Balaban J connectivity index is 1.34. The molecule has 0 aliphatic carbocycles. The van der Waals surface area contributed by atoms with Gasteiger partial charge in [-0.2, -0.15) is 15.1 Å². The Morgan fingerprint density at radius 3 is 2.51 bits per heavy atom. The lowest BCUT2D eigenvalue weighted by molar-refractivity contribution is -0.114. The van der Waals surface area contributed by atoms with Gasteiger partial charge >= 0.3 is 0 Å². The SMILES string of the molecule is CCCCCCCC1=NN2C(=N)/C(=C/c3cc(Cl)c(OCCOCCOc4ccccc4C)c(OCC)c3)C(=O)N=C2S1. The minimum atomic E-state index is -0.485. The normalized spacial score (nSPS) is 15.4. The summed E-state index contributed by atoms with van der Waals surface area (Å²) in [5, 5.41) is 16.3. The third-order valence-electron chi connectivity index (χ3n) is 6.69. The molecule has 2 aliphatic heterocycles. The summed E-state index contributed by atoms with van der Waals surface area (Å²) in [6, 6.07) is 11.2. The lowest BCUT2D eigenvalue weighted by Crippen LogP contribution is -2.35. The van der Waals surface area contributed by atoms with E-state index in [1.807, 2.05) is 38.1 Å². The van der Waals surface area contributed by atoms with Crippen molar-refractivity contribution in [3.05, 3.63) is 58.1 Å². The number of halogens is 1. The number of thioether (sulfide) groups is 1. The van der Waals surface area contributed by atoms with Crippen LogP contribution in [0.4, 0.5) is 0 Å². The molecule has 0 atom stereocenters. The zero-order valence-electron chi connectivity index (χ0n) is 25.0. The number of amidine groups is 2. The van der Waals surface area contributed by atoms with E-state index in [1.54, 1.807) is 18.2 Å². The fraction of sp³-hybridized carbons (Fsp3) is 0.438. The highest BCUT2D eigenvalue weighted by atomic mass is 35.5. The van der Waals surface area contributed by atoms with E-state index in [0.29, 0.717) is 53.7 Å². The van der Waals surface area contributed by atoms with Gasteiger partial charge in [0.15, 0.2) is 17.3 Å². The summed E-state index contributed by atoms with van der Waals surface area (Å²) in [6.45, 7) is 7.89. The summed E-state index contributed by atoms with van der Waals surface area (Å²) in [6.07, 6.45) is 8.19. The van der Waals surface area contributed by atoms with Crippen LogP contribution in [-0.2, 0) is 9.53 Å². The largest absolute Gasteiger partial charge is 0.491 e. The molecule has 0 saturated carbocycles. The summed E-state index contributed by atoms with van der Waals surface area (Å²) >= 11 is 7.96. The molecule has 1 amide bonds. The molecule has 0 radical (unpaired) electrons. The van der Waals surface area contributed by atoms with E-state index >= 15 is 0 Å². The topological polar surface area (TPSA) is 106 Å². The second-order valence-electron chi connectivity index (χ2n) is 10.0. The molecule has 11 heteroatoms. The molecule has 230 valence electrons. The smallest absolute Gasteiger partial charge is 0.283 e. The molecular weight excluding hydrogens is 588 g/mol. The minimum Gasteiger partial charge on any atom is -0.491 e. The Morgan fingerprint density at radius 2 is 1.74 bits per heavy atom. The van der Waals surface area contributed by atoms with Crippen molar-refractivity contribution in [1.82, 2.24) is 5.01 Å². The Hall–Kier alpha value is -3.34. The van der Waals surface area contributed by atoms with Crippen LogP contribution in [0.1, 0.15) is 63.5 Å². The molecule has 4 rings (SSSR count). The van der Waals surface area contributed by atoms with Gasteiger partial charge in [-0.15, -0.1) is 0 Å². The number of nitrogens with zero attached hydrogens (tertiary/aromatic N) is 3. The Kier molecular flexibility index (Phi) is 12.5. The third-order valence-corrected chi connectivity index (χ3v) is 7.94. The second kappa shape index (κ2) is 16.5. The molecule has 0 bridgehead atoms. The van der Waals surface area contributed by atoms with Crippen molar-refractivity contribution in [2.75, 3.05) is 33.0 Å². The van der Waals surface area contributed by atoms with Gasteiger partial charge in [0.05, 0.1) is 30.4 Å². The van der Waals surface area contributed by atoms with Gasteiger partial charge in [0, 0.05) is 0 Å². The summed E-state index contributed by atoms with van der Waals surface area (Å²) in [7, 11) is 0. The second-order valence-corrected chi connectivity index (χ2v) is 11.5. The molecule has 1 N–H and O–H groups in total. The molecule has 0 fully saturated rings. The van der Waals surface area contributed by atoms with Crippen LogP contribution in [0.5, 0.6) is 17.2 Å². The predicted octanol–water partition coefficient (Wildman–Crippen LogP) is 7.50. The van der Waals surface area contributed by atoms with E-state index in [4.69, 9.17) is 36.0 Å². The number of carbonyl (C=O) groups excluding carboxylic acids is 1. The van der Waals surface area contributed by atoms with Crippen LogP contribution >= 0.6 is 23.4 Å². The van der Waals surface area contributed by atoms with Crippen LogP contribution in [0.25, 0.3) is 6.08 Å². The first-order valence-electron chi connectivity index (χ1n) is 14.8. The monoisotopic (exact) mass is 626 g/mol. The Bertz CT molecular complexity index is 1390. The van der Waals surface area contributed by atoms with E-state index in [-0.39, 0.29) is 18.0 Å². The molecule has 2 heterocycles. The van der Waals surface area contributed by atoms with Crippen LogP contribution in [0.2, 0.25) is 5.02 Å². The summed E-state index contributed by atoms with van der Waals surface area (Å²) < 4.78 is 23.1. The number of hydrazone groups is 1. The van der Waals surface area contributed by atoms with Gasteiger partial charge in [-0.05, 0) is 73.9 Å². The first-order chi connectivity index (χ1) is 20.9. The number of hydrogen-bond acceptors (Lipinski definition) is 8. The maximum Gasteiger partial charge on any atom is 0.283 e. The molecule has 43 heavy (non-hydrogen) atoms. The number of unbranched alkanes of at least 4 members (excludes halogenated alkanes) is 4. The Labute approximate surface area is 262 Å². The van der Waals surface area contributed by atoms with Crippen molar-refractivity contribution < 1.29 is 23.7 Å². The number of rotatable bonds is 17. The van der Waals surface area contributed by atoms with Crippen molar-refractivity contribution in [1.29, 1.82) is 5.41 Å². The number of benzene rings is 2. The lowest BCUT2D eigenvalue weighted by Gasteiger charge is -2.20. The fourth-order valence-electron chi connectivity index (χ4n) is 4.49. The molecule has 2 aromatic rings. The quantitative estimate of drug-likeness (QED) is 0.143. The van der Waals surface area contributed by atoms with E-state index in [2.05, 4.69) is 17.0 Å². The molecule has 0 aromatic heterocycles. The van der Waals surface area contributed by atoms with E-state index < -0.39 is 5.91 Å². The van der Waals surface area contributed by atoms with Gasteiger partial charge in [-0.25, -0.2) is 0 Å². The number of aryl methyl sites for hydroxylation is 1. The van der Waals surface area contributed by atoms with Crippen molar-refractivity contribution >= 4 is 51.4 Å².